The predicted octanol–water partition coefficient (Wildman–Crippen LogP) is 3.92. The smallest absolute Gasteiger partial charge is 0.191 e. The average Bonchev–Trinajstić information content (AvgIpc) is 2.83. The first kappa shape index (κ1) is 27.2. The van der Waals surface area contributed by atoms with Crippen LogP contribution in [0.2, 0.25) is 0 Å². The van der Waals surface area contributed by atoms with E-state index in [1.54, 1.807) is 7.11 Å². The minimum atomic E-state index is 0. The number of hydrogen-bond acceptors (Lipinski definition) is 4. The zero-order valence-corrected chi connectivity index (χ0v) is 22.9. The Morgan fingerprint density at radius 1 is 1.06 bits per heavy atom. The fourth-order valence-electron chi connectivity index (χ4n) is 4.98. The summed E-state index contributed by atoms with van der Waals surface area (Å²) in [5.74, 6) is 2.33. The van der Waals surface area contributed by atoms with E-state index in [4.69, 9.17) is 4.74 Å². The highest BCUT2D eigenvalue weighted by atomic mass is 127. The van der Waals surface area contributed by atoms with Gasteiger partial charge in [0.15, 0.2) is 5.96 Å². The van der Waals surface area contributed by atoms with Gasteiger partial charge in [-0.2, -0.15) is 0 Å². The average molecular weight is 558 g/mol. The Balaban J connectivity index is 0.00000363. The zero-order valence-electron chi connectivity index (χ0n) is 20.5. The highest BCUT2D eigenvalue weighted by Crippen LogP contribution is 2.31. The van der Waals surface area contributed by atoms with Crippen molar-refractivity contribution in [1.29, 1.82) is 0 Å². The van der Waals surface area contributed by atoms with Crippen LogP contribution < -0.4 is 15.4 Å². The van der Waals surface area contributed by atoms with E-state index in [1.165, 1.54) is 63.8 Å². The molecule has 32 heavy (non-hydrogen) atoms. The Kier molecular flexibility index (Phi) is 11.6. The van der Waals surface area contributed by atoms with E-state index in [1.807, 2.05) is 19.2 Å². The number of aliphatic imine (C=N–C) groups is 1. The Morgan fingerprint density at radius 2 is 1.72 bits per heavy atom. The van der Waals surface area contributed by atoms with Crippen LogP contribution in [0.25, 0.3) is 0 Å². The molecule has 0 radical (unpaired) electrons. The van der Waals surface area contributed by atoms with Gasteiger partial charge in [0, 0.05) is 25.7 Å². The first-order valence-electron chi connectivity index (χ1n) is 12.1. The number of halogens is 1. The topological polar surface area (TPSA) is 52.1 Å². The van der Waals surface area contributed by atoms with Crippen LogP contribution in [0.15, 0.2) is 29.3 Å². The molecule has 2 fully saturated rings. The van der Waals surface area contributed by atoms with Crippen molar-refractivity contribution >= 4 is 29.9 Å². The maximum absolute atomic E-state index is 5.27. The van der Waals surface area contributed by atoms with Crippen LogP contribution in [-0.2, 0) is 0 Å². The molecular formula is C25H44IN5O. The third-order valence-electron chi connectivity index (χ3n) is 7.31. The van der Waals surface area contributed by atoms with Gasteiger partial charge < -0.3 is 20.3 Å². The molecule has 0 aliphatic carbocycles. The van der Waals surface area contributed by atoms with Crippen molar-refractivity contribution in [3.05, 3.63) is 29.8 Å². The zero-order chi connectivity index (χ0) is 22.1. The van der Waals surface area contributed by atoms with E-state index < -0.39 is 0 Å². The van der Waals surface area contributed by atoms with E-state index in [9.17, 15) is 0 Å². The van der Waals surface area contributed by atoms with E-state index in [0.29, 0.717) is 5.92 Å². The van der Waals surface area contributed by atoms with Gasteiger partial charge >= 0.3 is 0 Å². The maximum atomic E-state index is 5.27. The molecule has 3 rings (SSSR count). The number of methoxy groups -OCH3 is 1. The van der Waals surface area contributed by atoms with E-state index in [0.717, 1.165) is 31.2 Å². The molecule has 0 spiro atoms. The molecule has 0 amide bonds. The Hall–Kier alpha value is -1.06. The highest BCUT2D eigenvalue weighted by Gasteiger charge is 2.39. The van der Waals surface area contributed by atoms with Crippen LogP contribution in [0.5, 0.6) is 5.75 Å². The molecule has 2 N–H and O–H groups in total. The van der Waals surface area contributed by atoms with Crippen LogP contribution in [0.4, 0.5) is 0 Å². The second-order valence-corrected chi connectivity index (χ2v) is 9.39. The summed E-state index contributed by atoms with van der Waals surface area (Å²) in [6.07, 6.45) is 7.61. The maximum Gasteiger partial charge on any atom is 0.191 e. The molecule has 182 valence electrons. The molecule has 2 aliphatic heterocycles. The summed E-state index contributed by atoms with van der Waals surface area (Å²) >= 11 is 0. The number of ether oxygens (including phenoxy) is 1. The summed E-state index contributed by atoms with van der Waals surface area (Å²) < 4.78 is 5.27. The molecule has 1 unspecified atom stereocenters. The van der Waals surface area contributed by atoms with Gasteiger partial charge in [0.1, 0.15) is 5.75 Å². The number of piperidine rings is 2. The first-order valence-corrected chi connectivity index (χ1v) is 12.1. The molecule has 2 heterocycles. The third-order valence-corrected chi connectivity index (χ3v) is 7.31. The third kappa shape index (κ3) is 7.48. The lowest BCUT2D eigenvalue weighted by Gasteiger charge is -2.50. The molecule has 1 aromatic rings. The van der Waals surface area contributed by atoms with Gasteiger partial charge in [-0.25, -0.2) is 0 Å². The summed E-state index contributed by atoms with van der Waals surface area (Å²) in [7, 11) is 5.84. The minimum Gasteiger partial charge on any atom is -0.497 e. The number of nitrogens with one attached hydrogen (secondary N) is 2. The summed E-state index contributed by atoms with van der Waals surface area (Å²) in [5, 5.41) is 7.23. The minimum absolute atomic E-state index is 0. The van der Waals surface area contributed by atoms with Gasteiger partial charge in [0.2, 0.25) is 0 Å². The molecule has 6 nitrogen and oxygen atoms in total. The molecular weight excluding hydrogens is 513 g/mol. The van der Waals surface area contributed by atoms with Crippen molar-refractivity contribution < 1.29 is 4.74 Å². The lowest BCUT2D eigenvalue weighted by molar-refractivity contribution is 0.0173. The highest BCUT2D eigenvalue weighted by molar-refractivity contribution is 14.0. The van der Waals surface area contributed by atoms with E-state index in [2.05, 4.69) is 51.5 Å². The normalized spacial score (nSPS) is 20.8. The quantitative estimate of drug-likeness (QED) is 0.289. The van der Waals surface area contributed by atoms with Crippen LogP contribution in [0, 0.1) is 0 Å². The second-order valence-electron chi connectivity index (χ2n) is 9.39. The van der Waals surface area contributed by atoms with Crippen molar-refractivity contribution in [2.75, 3.05) is 60.5 Å². The molecule has 2 saturated heterocycles. The molecule has 1 atom stereocenters. The molecule has 0 aromatic heterocycles. The van der Waals surface area contributed by atoms with E-state index >= 15 is 0 Å². The summed E-state index contributed by atoms with van der Waals surface area (Å²) in [4.78, 5) is 9.75. The Labute approximate surface area is 212 Å². The van der Waals surface area contributed by atoms with Crippen molar-refractivity contribution in [1.82, 2.24) is 20.4 Å². The lowest BCUT2D eigenvalue weighted by Crippen LogP contribution is -2.62. The number of hydrogen-bond donors (Lipinski definition) is 2. The molecule has 0 bridgehead atoms. The van der Waals surface area contributed by atoms with Crippen molar-refractivity contribution in [2.45, 2.75) is 56.9 Å². The van der Waals surface area contributed by atoms with Gasteiger partial charge in [-0.15, -0.1) is 24.0 Å². The molecule has 2 aliphatic rings. The number of likely N-dealkylation sites (tertiary alicyclic amines) is 2. The molecule has 0 saturated carbocycles. The van der Waals surface area contributed by atoms with Crippen molar-refractivity contribution in [2.24, 2.45) is 4.99 Å². The largest absolute Gasteiger partial charge is 0.497 e. The molecule has 7 heteroatoms. The molecule has 1 aromatic carbocycles. The fraction of sp³-hybridized carbons (Fsp3) is 0.720. The monoisotopic (exact) mass is 557 g/mol. The van der Waals surface area contributed by atoms with Crippen LogP contribution >= 0.6 is 24.0 Å². The van der Waals surface area contributed by atoms with Crippen molar-refractivity contribution in [3.8, 4) is 5.75 Å². The van der Waals surface area contributed by atoms with Gasteiger partial charge in [-0.1, -0.05) is 25.5 Å². The SMILES string of the molecule is CN=C(NCCC(C)c1ccc(OC)cc1)NCC1(N2CCCCC2)CCN(C)CC1.I. The number of nitrogens with zero attached hydrogens (tertiary/aromatic N) is 3. The van der Waals surface area contributed by atoms with Gasteiger partial charge in [-0.3, -0.25) is 9.89 Å². The number of guanidine groups is 1. The van der Waals surface area contributed by atoms with Gasteiger partial charge in [0.05, 0.1) is 7.11 Å². The summed E-state index contributed by atoms with van der Waals surface area (Å²) in [6.45, 7) is 9.03. The predicted molar refractivity (Wildman–Crippen MR) is 146 cm³/mol. The van der Waals surface area contributed by atoms with Crippen LogP contribution in [0.1, 0.15) is 56.9 Å². The summed E-state index contributed by atoms with van der Waals surface area (Å²) in [5.41, 5.74) is 1.61. The first-order chi connectivity index (χ1) is 15.1. The number of rotatable bonds is 8. The fourth-order valence-corrected chi connectivity index (χ4v) is 4.98. The van der Waals surface area contributed by atoms with Crippen LogP contribution in [0.3, 0.4) is 0 Å². The number of benzene rings is 1. The Bertz CT molecular complexity index is 682. The standard InChI is InChI=1S/C25H43N5O.HI/c1-21(22-8-10-23(31-4)11-9-22)12-15-27-24(26-2)28-20-25(13-18-29(3)19-14-25)30-16-6-5-7-17-30;/h8-11,21H,5-7,12-20H2,1-4H3,(H2,26,27,28);1H. The van der Waals surface area contributed by atoms with E-state index in [-0.39, 0.29) is 29.5 Å². The van der Waals surface area contributed by atoms with Gasteiger partial charge in [0.25, 0.3) is 0 Å². The lowest BCUT2D eigenvalue weighted by atomic mass is 9.84. The van der Waals surface area contributed by atoms with Gasteiger partial charge in [-0.05, 0) is 88.9 Å². The summed E-state index contributed by atoms with van der Waals surface area (Å²) in [6, 6.07) is 8.42. The second kappa shape index (κ2) is 13.6. The van der Waals surface area contributed by atoms with Crippen LogP contribution in [-0.4, -0.2) is 81.8 Å². The van der Waals surface area contributed by atoms with Crippen molar-refractivity contribution in [3.63, 3.8) is 0 Å². The Morgan fingerprint density at radius 3 is 2.31 bits per heavy atom.